The molecule has 1 unspecified atom stereocenters. The Balaban J connectivity index is 1.47. The van der Waals surface area contributed by atoms with Crippen molar-refractivity contribution >= 4 is 29.6 Å². The summed E-state index contributed by atoms with van der Waals surface area (Å²) in [6, 6.07) is 19.9. The predicted molar refractivity (Wildman–Crippen MR) is 158 cm³/mol. The lowest BCUT2D eigenvalue weighted by atomic mass is 10.1. The number of rotatable bonds is 10. The standard InChI is InChI=1S/C33H32N2O7/c1-5-23(4)30(36)35-27-14-12-26(13-15-27)32(38)41-28-16-8-24(9-17-28)6-7-25-10-18-29(19-11-25)42-33(39)34-20-21-40-31(37)22(2)3/h8-19,23H,2,5,20-21H2,1,3-4H3,(H,34,39)(H,35,36). The van der Waals surface area contributed by atoms with E-state index in [-0.39, 0.29) is 30.5 Å². The highest BCUT2D eigenvalue weighted by Gasteiger charge is 2.12. The van der Waals surface area contributed by atoms with E-state index in [1.54, 1.807) is 72.8 Å². The van der Waals surface area contributed by atoms with Crippen LogP contribution in [-0.2, 0) is 14.3 Å². The maximum absolute atomic E-state index is 12.5. The molecular weight excluding hydrogens is 536 g/mol. The van der Waals surface area contributed by atoms with Crippen LogP contribution in [0.5, 0.6) is 11.5 Å². The number of hydrogen-bond donors (Lipinski definition) is 2. The lowest BCUT2D eigenvalue weighted by molar-refractivity contribution is -0.138. The highest BCUT2D eigenvalue weighted by molar-refractivity contribution is 5.94. The van der Waals surface area contributed by atoms with Gasteiger partial charge in [0.15, 0.2) is 0 Å². The first-order valence-electron chi connectivity index (χ1n) is 13.3. The third-order valence-corrected chi connectivity index (χ3v) is 5.88. The van der Waals surface area contributed by atoms with Gasteiger partial charge in [0.25, 0.3) is 0 Å². The van der Waals surface area contributed by atoms with Crippen LogP contribution in [0.3, 0.4) is 0 Å². The molecule has 0 aliphatic heterocycles. The smallest absolute Gasteiger partial charge is 0.412 e. The summed E-state index contributed by atoms with van der Waals surface area (Å²) in [5, 5.41) is 5.31. The van der Waals surface area contributed by atoms with Crippen LogP contribution in [0, 0.1) is 17.8 Å². The fourth-order valence-electron chi connectivity index (χ4n) is 3.23. The average molecular weight is 569 g/mol. The van der Waals surface area contributed by atoms with Gasteiger partial charge in [0, 0.05) is 28.3 Å². The molecule has 0 saturated carbocycles. The van der Waals surface area contributed by atoms with Gasteiger partial charge in [-0.15, -0.1) is 0 Å². The molecule has 1 atom stereocenters. The summed E-state index contributed by atoms with van der Waals surface area (Å²) in [5.41, 5.74) is 2.66. The van der Waals surface area contributed by atoms with Crippen LogP contribution >= 0.6 is 0 Å². The first-order valence-corrected chi connectivity index (χ1v) is 13.3. The van der Waals surface area contributed by atoms with Crippen molar-refractivity contribution in [3.63, 3.8) is 0 Å². The second kappa shape index (κ2) is 15.4. The Kier molecular flexibility index (Phi) is 11.5. The van der Waals surface area contributed by atoms with Crippen LogP contribution in [0.25, 0.3) is 0 Å². The summed E-state index contributed by atoms with van der Waals surface area (Å²) in [4.78, 5) is 47.7. The molecule has 2 amide bonds. The number of ether oxygens (including phenoxy) is 3. The van der Waals surface area contributed by atoms with Gasteiger partial charge in [0.2, 0.25) is 5.91 Å². The molecule has 0 saturated heterocycles. The summed E-state index contributed by atoms with van der Waals surface area (Å²) in [6.07, 6.45) is 0.0643. The second-order valence-corrected chi connectivity index (χ2v) is 9.30. The minimum absolute atomic E-state index is 0.00718. The van der Waals surface area contributed by atoms with E-state index in [0.717, 1.165) is 6.42 Å². The van der Waals surface area contributed by atoms with Crippen molar-refractivity contribution in [3.8, 4) is 23.3 Å². The molecule has 0 aliphatic rings. The summed E-state index contributed by atoms with van der Waals surface area (Å²) < 4.78 is 15.5. The van der Waals surface area contributed by atoms with Crippen molar-refractivity contribution in [2.45, 2.75) is 27.2 Å². The highest BCUT2D eigenvalue weighted by Crippen LogP contribution is 2.17. The van der Waals surface area contributed by atoms with Crippen LogP contribution in [-0.4, -0.2) is 37.1 Å². The van der Waals surface area contributed by atoms with Crippen LogP contribution < -0.4 is 20.1 Å². The molecule has 0 bridgehead atoms. The monoisotopic (exact) mass is 568 g/mol. The molecule has 9 nitrogen and oxygen atoms in total. The number of esters is 2. The molecule has 3 aromatic carbocycles. The van der Waals surface area contributed by atoms with Gasteiger partial charge in [0.05, 0.1) is 12.1 Å². The summed E-state index contributed by atoms with van der Waals surface area (Å²) in [7, 11) is 0. The Hall–Kier alpha value is -5.36. The Bertz CT molecular complexity index is 1480. The Morgan fingerprint density at radius 1 is 0.833 bits per heavy atom. The lowest BCUT2D eigenvalue weighted by Gasteiger charge is -2.10. The van der Waals surface area contributed by atoms with Gasteiger partial charge in [-0.1, -0.05) is 32.3 Å². The Labute approximate surface area is 244 Å². The van der Waals surface area contributed by atoms with Crippen LogP contribution in [0.1, 0.15) is 48.7 Å². The fourth-order valence-corrected chi connectivity index (χ4v) is 3.23. The first-order chi connectivity index (χ1) is 20.1. The number of carbonyl (C=O) groups is 4. The molecule has 0 radical (unpaired) electrons. The van der Waals surface area contributed by atoms with Crippen LogP contribution in [0.2, 0.25) is 0 Å². The Morgan fingerprint density at radius 2 is 1.38 bits per heavy atom. The third-order valence-electron chi connectivity index (χ3n) is 5.88. The first kappa shape index (κ1) is 31.2. The minimum Gasteiger partial charge on any atom is -0.460 e. The molecule has 0 aromatic heterocycles. The quantitative estimate of drug-likeness (QED) is 0.109. The van der Waals surface area contributed by atoms with Crippen LogP contribution in [0.15, 0.2) is 84.9 Å². The van der Waals surface area contributed by atoms with Gasteiger partial charge in [-0.2, -0.15) is 0 Å². The molecule has 0 fully saturated rings. The molecule has 3 aromatic rings. The van der Waals surface area contributed by atoms with Crippen molar-refractivity contribution in [1.29, 1.82) is 0 Å². The van der Waals surface area contributed by atoms with Gasteiger partial charge in [0.1, 0.15) is 18.1 Å². The summed E-state index contributed by atoms with van der Waals surface area (Å²) in [6.45, 7) is 8.92. The van der Waals surface area contributed by atoms with Gasteiger partial charge in [-0.25, -0.2) is 14.4 Å². The van der Waals surface area contributed by atoms with Crippen molar-refractivity contribution in [1.82, 2.24) is 5.32 Å². The lowest BCUT2D eigenvalue weighted by Crippen LogP contribution is -2.30. The molecule has 0 aliphatic carbocycles. The van der Waals surface area contributed by atoms with E-state index in [4.69, 9.17) is 14.2 Å². The van der Waals surface area contributed by atoms with Crippen molar-refractivity contribution in [2.75, 3.05) is 18.5 Å². The molecule has 9 heteroatoms. The predicted octanol–water partition coefficient (Wildman–Crippen LogP) is 5.50. The van der Waals surface area contributed by atoms with Crippen LogP contribution in [0.4, 0.5) is 10.5 Å². The topological polar surface area (TPSA) is 120 Å². The minimum atomic E-state index is -0.677. The zero-order valence-corrected chi connectivity index (χ0v) is 23.7. The Morgan fingerprint density at radius 3 is 1.90 bits per heavy atom. The molecule has 0 heterocycles. The molecule has 3 rings (SSSR count). The zero-order valence-electron chi connectivity index (χ0n) is 23.7. The second-order valence-electron chi connectivity index (χ2n) is 9.30. The van der Waals surface area contributed by atoms with Gasteiger partial charge in [-0.05, 0) is 86.1 Å². The zero-order chi connectivity index (χ0) is 30.5. The van der Waals surface area contributed by atoms with Crippen molar-refractivity contribution in [2.24, 2.45) is 5.92 Å². The number of anilines is 1. The number of nitrogens with one attached hydrogen (secondary N) is 2. The SMILES string of the molecule is C=C(C)C(=O)OCCNC(=O)Oc1ccc(C#Cc2ccc(OC(=O)c3ccc(NC(=O)C(C)CC)cc3)cc2)cc1. The molecule has 42 heavy (non-hydrogen) atoms. The molecule has 216 valence electrons. The number of benzene rings is 3. The largest absolute Gasteiger partial charge is 0.460 e. The normalized spacial score (nSPS) is 10.7. The highest BCUT2D eigenvalue weighted by atomic mass is 16.6. The number of hydrogen-bond acceptors (Lipinski definition) is 7. The molecule has 2 N–H and O–H groups in total. The van der Waals surface area contributed by atoms with E-state index in [1.807, 2.05) is 13.8 Å². The molecule has 0 spiro atoms. The van der Waals surface area contributed by atoms with E-state index in [1.165, 1.54) is 6.92 Å². The van der Waals surface area contributed by atoms with E-state index in [0.29, 0.717) is 33.9 Å². The summed E-state index contributed by atoms with van der Waals surface area (Å²) >= 11 is 0. The number of amides is 2. The summed E-state index contributed by atoms with van der Waals surface area (Å²) in [5.74, 6) is 5.54. The van der Waals surface area contributed by atoms with E-state index < -0.39 is 18.0 Å². The van der Waals surface area contributed by atoms with E-state index >= 15 is 0 Å². The van der Waals surface area contributed by atoms with E-state index in [2.05, 4.69) is 29.1 Å². The van der Waals surface area contributed by atoms with Gasteiger partial charge >= 0.3 is 18.0 Å². The van der Waals surface area contributed by atoms with Crippen molar-refractivity contribution in [3.05, 3.63) is 102 Å². The maximum atomic E-state index is 12.5. The fraction of sp³-hybridized carbons (Fsp3) is 0.212. The third kappa shape index (κ3) is 9.99. The maximum Gasteiger partial charge on any atom is 0.412 e. The molecular formula is C33H32N2O7. The average Bonchev–Trinajstić information content (AvgIpc) is 2.99. The van der Waals surface area contributed by atoms with Gasteiger partial charge in [-0.3, -0.25) is 4.79 Å². The van der Waals surface area contributed by atoms with Crippen molar-refractivity contribution < 1.29 is 33.4 Å². The van der Waals surface area contributed by atoms with Gasteiger partial charge < -0.3 is 24.8 Å². The van der Waals surface area contributed by atoms with E-state index in [9.17, 15) is 19.2 Å². The number of carbonyl (C=O) groups excluding carboxylic acids is 4.